The Labute approximate surface area is 118 Å². The zero-order valence-electron chi connectivity index (χ0n) is 11.4. The van der Waals surface area contributed by atoms with Gasteiger partial charge in [-0.15, -0.1) is 0 Å². The standard InChI is InChI=1S/C15H21N3S/c1-10-2-4-11(5-3-10)9-17-15-18-13-7-6-12(16)8-14(13)19-15/h6-8,10-11H,2-5,9,16H2,1H3,(H,17,18). The SMILES string of the molecule is CC1CCC(CNc2nc3ccc(N)cc3s2)CC1. The minimum absolute atomic E-state index is 0.809. The molecule has 1 saturated carbocycles. The third-order valence-electron chi connectivity index (χ3n) is 4.09. The van der Waals surface area contributed by atoms with Crippen molar-refractivity contribution in [1.29, 1.82) is 0 Å². The summed E-state index contributed by atoms with van der Waals surface area (Å²) in [5.74, 6) is 1.73. The molecular weight excluding hydrogens is 254 g/mol. The summed E-state index contributed by atoms with van der Waals surface area (Å²) in [7, 11) is 0. The van der Waals surface area contributed by atoms with E-state index in [-0.39, 0.29) is 0 Å². The van der Waals surface area contributed by atoms with Gasteiger partial charge < -0.3 is 11.1 Å². The molecule has 4 heteroatoms. The van der Waals surface area contributed by atoms with Crippen molar-refractivity contribution >= 4 is 32.4 Å². The van der Waals surface area contributed by atoms with Crippen molar-refractivity contribution < 1.29 is 0 Å². The van der Waals surface area contributed by atoms with Crippen LogP contribution in [0.1, 0.15) is 32.6 Å². The van der Waals surface area contributed by atoms with Crippen LogP contribution in [0.2, 0.25) is 0 Å². The topological polar surface area (TPSA) is 50.9 Å². The Morgan fingerprint density at radius 2 is 2.11 bits per heavy atom. The van der Waals surface area contributed by atoms with E-state index in [1.165, 1.54) is 30.4 Å². The molecule has 0 bridgehead atoms. The Kier molecular flexibility index (Phi) is 3.60. The number of hydrogen-bond donors (Lipinski definition) is 2. The first-order valence-electron chi connectivity index (χ1n) is 7.10. The van der Waals surface area contributed by atoms with Gasteiger partial charge in [0.2, 0.25) is 0 Å². The Hall–Kier alpha value is -1.29. The van der Waals surface area contributed by atoms with Crippen LogP contribution in [0.15, 0.2) is 18.2 Å². The number of anilines is 2. The van der Waals surface area contributed by atoms with Crippen molar-refractivity contribution in [3.8, 4) is 0 Å². The average Bonchev–Trinajstić information content (AvgIpc) is 2.80. The van der Waals surface area contributed by atoms with Gasteiger partial charge in [-0.1, -0.05) is 31.1 Å². The number of nitrogens with two attached hydrogens (primary N) is 1. The van der Waals surface area contributed by atoms with Crippen LogP contribution >= 0.6 is 11.3 Å². The second-order valence-electron chi connectivity index (χ2n) is 5.75. The number of nitrogen functional groups attached to an aromatic ring is 1. The maximum absolute atomic E-state index is 5.80. The molecule has 2 aromatic rings. The average molecular weight is 275 g/mol. The molecule has 3 nitrogen and oxygen atoms in total. The third-order valence-corrected chi connectivity index (χ3v) is 5.07. The Morgan fingerprint density at radius 1 is 1.32 bits per heavy atom. The number of hydrogen-bond acceptors (Lipinski definition) is 4. The predicted molar refractivity (Wildman–Crippen MR) is 83.6 cm³/mol. The summed E-state index contributed by atoms with van der Waals surface area (Å²) in [5.41, 5.74) is 7.65. The maximum Gasteiger partial charge on any atom is 0.183 e. The van der Waals surface area contributed by atoms with Gasteiger partial charge in [0.05, 0.1) is 10.2 Å². The first-order chi connectivity index (χ1) is 9.20. The molecule has 0 aliphatic heterocycles. The fourth-order valence-electron chi connectivity index (χ4n) is 2.78. The van der Waals surface area contributed by atoms with Crippen LogP contribution in [0.3, 0.4) is 0 Å². The molecule has 1 fully saturated rings. The van der Waals surface area contributed by atoms with E-state index in [1.807, 2.05) is 18.2 Å². The van der Waals surface area contributed by atoms with E-state index in [2.05, 4.69) is 17.2 Å². The highest BCUT2D eigenvalue weighted by atomic mass is 32.1. The van der Waals surface area contributed by atoms with Crippen LogP contribution < -0.4 is 11.1 Å². The van der Waals surface area contributed by atoms with Gasteiger partial charge >= 0.3 is 0 Å². The lowest BCUT2D eigenvalue weighted by atomic mass is 9.83. The van der Waals surface area contributed by atoms with Crippen molar-refractivity contribution in [2.45, 2.75) is 32.6 Å². The van der Waals surface area contributed by atoms with Gasteiger partial charge in [0.25, 0.3) is 0 Å². The Bertz CT molecular complexity index is 556. The van der Waals surface area contributed by atoms with Gasteiger partial charge in [0.1, 0.15) is 0 Å². The summed E-state index contributed by atoms with van der Waals surface area (Å²) in [6.07, 6.45) is 5.46. The highest BCUT2D eigenvalue weighted by Crippen LogP contribution is 2.30. The number of benzene rings is 1. The van der Waals surface area contributed by atoms with Gasteiger partial charge in [-0.2, -0.15) is 0 Å². The molecule has 19 heavy (non-hydrogen) atoms. The molecule has 1 aromatic carbocycles. The molecule has 3 rings (SSSR count). The van der Waals surface area contributed by atoms with Gasteiger partial charge in [0, 0.05) is 12.2 Å². The minimum Gasteiger partial charge on any atom is -0.399 e. The number of fused-ring (bicyclic) bond motifs is 1. The molecule has 0 spiro atoms. The molecule has 0 amide bonds. The van der Waals surface area contributed by atoms with Gasteiger partial charge in [0.15, 0.2) is 5.13 Å². The van der Waals surface area contributed by atoms with Crippen LogP contribution in [-0.2, 0) is 0 Å². The molecule has 1 aromatic heterocycles. The Morgan fingerprint density at radius 3 is 2.89 bits per heavy atom. The first kappa shape index (κ1) is 12.7. The molecule has 3 N–H and O–H groups in total. The lowest BCUT2D eigenvalue weighted by molar-refractivity contribution is 0.300. The second-order valence-corrected chi connectivity index (χ2v) is 6.78. The van der Waals surface area contributed by atoms with E-state index in [0.29, 0.717) is 0 Å². The molecule has 0 saturated heterocycles. The summed E-state index contributed by atoms with van der Waals surface area (Å²) >= 11 is 1.70. The van der Waals surface area contributed by atoms with Crippen LogP contribution in [0.4, 0.5) is 10.8 Å². The van der Waals surface area contributed by atoms with E-state index < -0.39 is 0 Å². The van der Waals surface area contributed by atoms with Crippen LogP contribution in [0, 0.1) is 11.8 Å². The molecular formula is C15H21N3S. The predicted octanol–water partition coefficient (Wildman–Crippen LogP) is 4.12. The van der Waals surface area contributed by atoms with Crippen molar-refractivity contribution in [1.82, 2.24) is 4.98 Å². The monoisotopic (exact) mass is 275 g/mol. The smallest absolute Gasteiger partial charge is 0.183 e. The summed E-state index contributed by atoms with van der Waals surface area (Å²) in [6, 6.07) is 5.91. The zero-order valence-corrected chi connectivity index (χ0v) is 12.2. The lowest BCUT2D eigenvalue weighted by Gasteiger charge is -2.26. The first-order valence-corrected chi connectivity index (χ1v) is 7.92. The molecule has 0 radical (unpaired) electrons. The summed E-state index contributed by atoms with van der Waals surface area (Å²) in [5, 5.41) is 4.53. The van der Waals surface area contributed by atoms with Crippen LogP contribution in [-0.4, -0.2) is 11.5 Å². The summed E-state index contributed by atoms with van der Waals surface area (Å²) in [6.45, 7) is 3.42. The maximum atomic E-state index is 5.80. The second kappa shape index (κ2) is 5.37. The lowest BCUT2D eigenvalue weighted by Crippen LogP contribution is -2.20. The Balaban J connectivity index is 1.62. The zero-order chi connectivity index (χ0) is 13.2. The fraction of sp³-hybridized carbons (Fsp3) is 0.533. The van der Waals surface area contributed by atoms with Gasteiger partial charge in [-0.05, 0) is 42.9 Å². The molecule has 0 atom stereocenters. The summed E-state index contributed by atoms with van der Waals surface area (Å²) in [4.78, 5) is 4.61. The minimum atomic E-state index is 0.809. The highest BCUT2D eigenvalue weighted by Gasteiger charge is 2.18. The number of aromatic nitrogens is 1. The number of thiazole rings is 1. The molecule has 1 aliphatic rings. The summed E-state index contributed by atoms with van der Waals surface area (Å²) < 4.78 is 1.17. The molecule has 102 valence electrons. The van der Waals surface area contributed by atoms with Gasteiger partial charge in [-0.3, -0.25) is 0 Å². The molecule has 0 unspecified atom stereocenters. The van der Waals surface area contributed by atoms with E-state index in [0.717, 1.165) is 34.7 Å². The normalized spacial score (nSPS) is 23.6. The quantitative estimate of drug-likeness (QED) is 0.829. The van der Waals surface area contributed by atoms with Crippen molar-refractivity contribution in [3.63, 3.8) is 0 Å². The van der Waals surface area contributed by atoms with Crippen molar-refractivity contribution in [3.05, 3.63) is 18.2 Å². The fourth-order valence-corrected chi connectivity index (χ4v) is 3.70. The van der Waals surface area contributed by atoms with Gasteiger partial charge in [-0.25, -0.2) is 4.98 Å². The van der Waals surface area contributed by atoms with Crippen molar-refractivity contribution in [2.75, 3.05) is 17.6 Å². The number of nitrogens with one attached hydrogen (secondary N) is 1. The van der Waals surface area contributed by atoms with Crippen molar-refractivity contribution in [2.24, 2.45) is 11.8 Å². The highest BCUT2D eigenvalue weighted by molar-refractivity contribution is 7.22. The largest absolute Gasteiger partial charge is 0.399 e. The van der Waals surface area contributed by atoms with Crippen LogP contribution in [0.25, 0.3) is 10.2 Å². The number of rotatable bonds is 3. The molecule has 1 heterocycles. The van der Waals surface area contributed by atoms with E-state index in [4.69, 9.17) is 5.73 Å². The van der Waals surface area contributed by atoms with E-state index in [9.17, 15) is 0 Å². The van der Waals surface area contributed by atoms with Crippen LogP contribution in [0.5, 0.6) is 0 Å². The third kappa shape index (κ3) is 3.00. The van der Waals surface area contributed by atoms with E-state index >= 15 is 0 Å². The molecule has 1 aliphatic carbocycles. The van der Waals surface area contributed by atoms with E-state index in [1.54, 1.807) is 11.3 Å². The number of nitrogens with zero attached hydrogens (tertiary/aromatic N) is 1.